The van der Waals surface area contributed by atoms with Crippen LogP contribution in [0.4, 0.5) is 0 Å². The Bertz CT molecular complexity index is 1390. The molecule has 1 atom stereocenters. The molecule has 9 nitrogen and oxygen atoms in total. The highest BCUT2D eigenvalue weighted by molar-refractivity contribution is 7.91. The number of aliphatic hydroxyl groups is 1. The number of nitrogens with one attached hydrogen (secondary N) is 2. The summed E-state index contributed by atoms with van der Waals surface area (Å²) in [7, 11) is -3.64. The first-order chi connectivity index (χ1) is 19.3. The third kappa shape index (κ3) is 7.68. The summed E-state index contributed by atoms with van der Waals surface area (Å²) in [4.78, 5) is 18.3. The summed E-state index contributed by atoms with van der Waals surface area (Å²) in [5.74, 6) is 0.157. The zero-order valence-corrected chi connectivity index (χ0v) is 23.3. The number of hydrogen-bond donors (Lipinski definition) is 3. The van der Waals surface area contributed by atoms with Gasteiger partial charge in [0.2, 0.25) is 5.90 Å². The highest BCUT2D eigenvalue weighted by atomic mass is 32.2. The molecule has 212 valence electrons. The van der Waals surface area contributed by atoms with E-state index in [0.29, 0.717) is 37.3 Å². The molecule has 0 fully saturated rings. The predicted octanol–water partition coefficient (Wildman–Crippen LogP) is 3.00. The number of benzene rings is 3. The second-order valence-electron chi connectivity index (χ2n) is 9.69. The van der Waals surface area contributed by atoms with Crippen molar-refractivity contribution in [1.29, 1.82) is 0 Å². The highest BCUT2D eigenvalue weighted by Gasteiger charge is 2.45. The number of nitrogens with zero attached hydrogens (tertiary/aromatic N) is 1. The van der Waals surface area contributed by atoms with Crippen LogP contribution < -0.4 is 15.6 Å². The lowest BCUT2D eigenvalue weighted by atomic mass is 9.98. The number of carbonyl (C=O) groups is 1. The molecule has 0 spiro atoms. The molecule has 1 aliphatic heterocycles. The number of aryl methyl sites for hydroxylation is 1. The fourth-order valence-electron chi connectivity index (χ4n) is 4.17. The SMILES string of the molecule is Cc1ccc(CCNNC(=O)[C@]2(CCS(=O)(=O)c3ccccc3)COC(c3ccc(OCCCO)cc3)=N2)cc1. The van der Waals surface area contributed by atoms with E-state index in [1.807, 2.05) is 31.2 Å². The van der Waals surface area contributed by atoms with Crippen LogP contribution >= 0.6 is 0 Å². The smallest absolute Gasteiger partial charge is 0.265 e. The molecule has 3 aromatic carbocycles. The standard InChI is InChI=1S/C30H35N3O6S/c1-23-8-10-24(11-9-23)16-18-31-33-29(35)30(17-21-40(36,37)27-6-3-2-4-7-27)22-39-28(32-30)25-12-14-26(15-13-25)38-20-5-19-34/h2-4,6-15,31,34H,5,16-22H2,1H3,(H,33,35)/t30-/m0/s1. The number of amides is 1. The van der Waals surface area contributed by atoms with E-state index in [0.717, 1.165) is 5.56 Å². The lowest BCUT2D eigenvalue weighted by Gasteiger charge is -2.23. The van der Waals surface area contributed by atoms with Crippen molar-refractivity contribution in [2.75, 3.05) is 32.1 Å². The van der Waals surface area contributed by atoms with Gasteiger partial charge < -0.3 is 14.6 Å². The second kappa shape index (κ2) is 13.6. The van der Waals surface area contributed by atoms with E-state index in [9.17, 15) is 13.2 Å². The Kier molecular flexibility index (Phi) is 9.92. The number of carbonyl (C=O) groups excluding carboxylic acids is 1. The molecule has 1 amide bonds. The fraction of sp³-hybridized carbons (Fsp3) is 0.333. The van der Waals surface area contributed by atoms with Crippen LogP contribution in [0.15, 0.2) is 88.8 Å². The first kappa shape index (κ1) is 29.3. The fourth-order valence-corrected chi connectivity index (χ4v) is 5.58. The van der Waals surface area contributed by atoms with Crippen LogP contribution in [-0.4, -0.2) is 63.0 Å². The zero-order chi connectivity index (χ0) is 28.4. The van der Waals surface area contributed by atoms with Gasteiger partial charge in [-0.1, -0.05) is 48.0 Å². The second-order valence-corrected chi connectivity index (χ2v) is 11.8. The summed E-state index contributed by atoms with van der Waals surface area (Å²) in [5, 5.41) is 8.93. The predicted molar refractivity (Wildman–Crippen MR) is 153 cm³/mol. The number of sulfone groups is 1. The van der Waals surface area contributed by atoms with Gasteiger partial charge in [0.05, 0.1) is 17.3 Å². The lowest BCUT2D eigenvalue weighted by molar-refractivity contribution is -0.127. The molecule has 0 aromatic heterocycles. The molecular formula is C30H35N3O6S. The average Bonchev–Trinajstić information content (AvgIpc) is 3.42. The molecule has 0 saturated carbocycles. The lowest BCUT2D eigenvalue weighted by Crippen LogP contribution is -2.52. The number of hydrazine groups is 1. The number of aliphatic imine (C=N–C) groups is 1. The van der Waals surface area contributed by atoms with Crippen molar-refractivity contribution in [1.82, 2.24) is 10.9 Å². The van der Waals surface area contributed by atoms with Gasteiger partial charge in [0.1, 0.15) is 12.4 Å². The van der Waals surface area contributed by atoms with Crippen molar-refractivity contribution in [3.05, 3.63) is 95.6 Å². The van der Waals surface area contributed by atoms with Crippen LogP contribution in [-0.2, 0) is 25.8 Å². The molecule has 0 saturated heterocycles. The Morgan fingerprint density at radius 2 is 1.77 bits per heavy atom. The largest absolute Gasteiger partial charge is 0.494 e. The molecule has 0 aliphatic carbocycles. The molecule has 0 unspecified atom stereocenters. The maximum absolute atomic E-state index is 13.5. The summed E-state index contributed by atoms with van der Waals surface area (Å²) < 4.78 is 37.5. The van der Waals surface area contributed by atoms with Crippen molar-refractivity contribution in [3.63, 3.8) is 0 Å². The Morgan fingerprint density at radius 3 is 2.48 bits per heavy atom. The number of aliphatic hydroxyl groups excluding tert-OH is 1. The molecule has 4 rings (SSSR count). The monoisotopic (exact) mass is 565 g/mol. The number of hydrogen-bond acceptors (Lipinski definition) is 8. The third-order valence-electron chi connectivity index (χ3n) is 6.61. The van der Waals surface area contributed by atoms with Crippen LogP contribution in [0.25, 0.3) is 0 Å². The maximum Gasteiger partial charge on any atom is 0.265 e. The minimum absolute atomic E-state index is 0.0493. The van der Waals surface area contributed by atoms with E-state index < -0.39 is 21.3 Å². The molecule has 1 aliphatic rings. The minimum Gasteiger partial charge on any atom is -0.494 e. The van der Waals surface area contributed by atoms with Crippen molar-refractivity contribution < 1.29 is 27.8 Å². The van der Waals surface area contributed by atoms with Crippen LogP contribution in [0, 0.1) is 6.92 Å². The normalized spacial score (nSPS) is 16.7. The third-order valence-corrected chi connectivity index (χ3v) is 8.34. The minimum atomic E-state index is -3.64. The first-order valence-electron chi connectivity index (χ1n) is 13.2. The van der Waals surface area contributed by atoms with Crippen molar-refractivity contribution in [3.8, 4) is 5.75 Å². The zero-order valence-electron chi connectivity index (χ0n) is 22.5. The van der Waals surface area contributed by atoms with E-state index in [1.54, 1.807) is 54.6 Å². The molecule has 3 N–H and O–H groups in total. The van der Waals surface area contributed by atoms with Gasteiger partial charge in [-0.05, 0) is 61.7 Å². The van der Waals surface area contributed by atoms with Crippen molar-refractivity contribution in [2.24, 2.45) is 4.99 Å². The van der Waals surface area contributed by atoms with E-state index in [2.05, 4.69) is 15.8 Å². The Morgan fingerprint density at radius 1 is 1.05 bits per heavy atom. The Labute approximate surface area is 235 Å². The van der Waals surface area contributed by atoms with Gasteiger partial charge in [-0.15, -0.1) is 0 Å². The first-order valence-corrected chi connectivity index (χ1v) is 14.9. The van der Waals surface area contributed by atoms with Crippen LogP contribution in [0.5, 0.6) is 5.75 Å². The average molecular weight is 566 g/mol. The van der Waals surface area contributed by atoms with Gasteiger partial charge in [0.25, 0.3) is 5.91 Å². The van der Waals surface area contributed by atoms with E-state index in [1.165, 1.54) is 5.56 Å². The highest BCUT2D eigenvalue weighted by Crippen LogP contribution is 2.28. The van der Waals surface area contributed by atoms with Gasteiger partial charge >= 0.3 is 0 Å². The summed E-state index contributed by atoms with van der Waals surface area (Å²) in [6.45, 7) is 2.87. The molecule has 0 bridgehead atoms. The maximum atomic E-state index is 13.5. The van der Waals surface area contributed by atoms with Crippen molar-refractivity contribution >= 4 is 21.6 Å². The molecule has 40 heavy (non-hydrogen) atoms. The molecule has 10 heteroatoms. The van der Waals surface area contributed by atoms with Gasteiger partial charge in [-0.3, -0.25) is 10.2 Å². The van der Waals surface area contributed by atoms with Gasteiger partial charge in [0, 0.05) is 25.1 Å². The van der Waals surface area contributed by atoms with Gasteiger partial charge in [0.15, 0.2) is 15.4 Å². The quantitative estimate of drug-likeness (QED) is 0.203. The Hall–Kier alpha value is -3.73. The summed E-state index contributed by atoms with van der Waals surface area (Å²) in [6, 6.07) is 23.4. The number of ether oxygens (including phenoxy) is 2. The topological polar surface area (TPSA) is 126 Å². The Balaban J connectivity index is 1.47. The van der Waals surface area contributed by atoms with Crippen LogP contribution in [0.1, 0.15) is 29.5 Å². The molecular weight excluding hydrogens is 530 g/mol. The van der Waals surface area contributed by atoms with E-state index in [4.69, 9.17) is 14.6 Å². The molecule has 1 heterocycles. The van der Waals surface area contributed by atoms with Crippen LogP contribution in [0.3, 0.4) is 0 Å². The van der Waals surface area contributed by atoms with Gasteiger partial charge in [-0.25, -0.2) is 18.8 Å². The molecule has 3 aromatic rings. The summed E-state index contributed by atoms with van der Waals surface area (Å²) in [6.07, 6.45) is 1.18. The van der Waals surface area contributed by atoms with E-state index in [-0.39, 0.29) is 36.2 Å². The van der Waals surface area contributed by atoms with Gasteiger partial charge in [-0.2, -0.15) is 0 Å². The molecule has 0 radical (unpaired) electrons. The summed E-state index contributed by atoms with van der Waals surface area (Å²) >= 11 is 0. The number of rotatable bonds is 14. The van der Waals surface area contributed by atoms with Crippen LogP contribution in [0.2, 0.25) is 0 Å². The van der Waals surface area contributed by atoms with Crippen molar-refractivity contribution in [2.45, 2.75) is 36.6 Å². The summed E-state index contributed by atoms with van der Waals surface area (Å²) in [5.41, 5.74) is 7.20. The van der Waals surface area contributed by atoms with E-state index >= 15 is 0 Å².